The summed E-state index contributed by atoms with van der Waals surface area (Å²) in [5.74, 6) is 0.768. The van der Waals surface area contributed by atoms with Crippen LogP contribution in [0.1, 0.15) is 19.3 Å². The summed E-state index contributed by atoms with van der Waals surface area (Å²) in [6, 6.07) is 5.15. The zero-order valence-electron chi connectivity index (χ0n) is 11.5. The highest BCUT2D eigenvalue weighted by Crippen LogP contribution is 2.47. The van der Waals surface area contributed by atoms with Gasteiger partial charge < -0.3 is 4.90 Å². The van der Waals surface area contributed by atoms with Crippen LogP contribution in [0.15, 0.2) is 23.3 Å². The average molecular weight is 335 g/mol. The minimum absolute atomic E-state index is 0.0204. The third kappa shape index (κ3) is 1.77. The Morgan fingerprint density at radius 3 is 2.82 bits per heavy atom. The van der Waals surface area contributed by atoms with Gasteiger partial charge in [0.2, 0.25) is 0 Å². The molecule has 112 valence electrons. The van der Waals surface area contributed by atoms with Gasteiger partial charge in [0.05, 0.1) is 15.7 Å². The predicted molar refractivity (Wildman–Crippen MR) is 84.7 cm³/mol. The Kier molecular flexibility index (Phi) is 3.07. The maximum atomic E-state index is 12.9. The zero-order valence-corrected chi connectivity index (χ0v) is 13.1. The molecule has 2 bridgehead atoms. The highest BCUT2D eigenvalue weighted by Gasteiger charge is 2.59. The van der Waals surface area contributed by atoms with E-state index in [1.54, 1.807) is 18.2 Å². The molecular weight excluding hydrogens is 323 g/mol. The van der Waals surface area contributed by atoms with Crippen molar-refractivity contribution in [1.29, 1.82) is 0 Å². The second kappa shape index (κ2) is 4.87. The van der Waals surface area contributed by atoms with Crippen LogP contribution in [0.25, 0.3) is 4.95 Å². The van der Waals surface area contributed by atoms with Gasteiger partial charge in [-0.1, -0.05) is 23.2 Å². The van der Waals surface area contributed by atoms with Crippen molar-refractivity contribution in [2.45, 2.75) is 31.3 Å². The molecule has 1 aromatic carbocycles. The van der Waals surface area contributed by atoms with Gasteiger partial charge in [0.15, 0.2) is 0 Å². The Bertz CT molecular complexity index is 742. The van der Waals surface area contributed by atoms with E-state index in [4.69, 9.17) is 29.8 Å². The lowest BCUT2D eigenvalue weighted by Crippen LogP contribution is -2.41. The number of piperidine rings is 1. The van der Waals surface area contributed by atoms with E-state index >= 15 is 0 Å². The number of nitrogens with zero attached hydrogens (tertiary/aromatic N) is 4. The smallest absolute Gasteiger partial charge is 0.295 e. The van der Waals surface area contributed by atoms with Crippen molar-refractivity contribution in [1.82, 2.24) is 4.90 Å². The monoisotopic (exact) mass is 334 g/mol. The maximum Gasteiger partial charge on any atom is 0.295 e. The molecule has 22 heavy (non-hydrogen) atoms. The minimum atomic E-state index is -0.186. The van der Waals surface area contributed by atoms with Crippen molar-refractivity contribution in [2.24, 2.45) is 11.0 Å². The molecular formula is C15H12Cl2N4O. The molecule has 1 saturated carbocycles. The number of benzene rings is 1. The highest BCUT2D eigenvalue weighted by atomic mass is 35.5. The molecule has 7 heteroatoms. The van der Waals surface area contributed by atoms with Crippen molar-refractivity contribution in [2.75, 3.05) is 4.90 Å². The van der Waals surface area contributed by atoms with Crippen LogP contribution in [0.5, 0.6) is 0 Å². The molecule has 3 atom stereocenters. The average Bonchev–Trinajstić information content (AvgIpc) is 3.16. The number of carbonyl (C=O) groups excluding carboxylic acids is 1. The van der Waals surface area contributed by atoms with E-state index in [-0.39, 0.29) is 11.9 Å². The van der Waals surface area contributed by atoms with Gasteiger partial charge in [-0.25, -0.2) is 4.90 Å². The number of anilines is 1. The van der Waals surface area contributed by atoms with Gasteiger partial charge >= 0.3 is 0 Å². The zero-order chi connectivity index (χ0) is 15.4. The Morgan fingerprint density at radius 2 is 2.09 bits per heavy atom. The van der Waals surface area contributed by atoms with Crippen LogP contribution in [0.2, 0.25) is 10.0 Å². The first-order valence-electron chi connectivity index (χ1n) is 7.13. The Morgan fingerprint density at radius 1 is 1.27 bits per heavy atom. The molecule has 5 nitrogen and oxygen atoms in total. The first kappa shape index (κ1) is 13.9. The minimum Gasteiger partial charge on any atom is -0.321 e. The van der Waals surface area contributed by atoms with Crippen LogP contribution in [0.4, 0.5) is 5.69 Å². The molecule has 0 spiro atoms. The number of halogens is 2. The molecule has 2 aliphatic heterocycles. The third-order valence-electron chi connectivity index (χ3n) is 4.79. The van der Waals surface area contributed by atoms with Crippen LogP contribution in [0, 0.1) is 12.5 Å². The van der Waals surface area contributed by atoms with Crippen LogP contribution in [-0.2, 0) is 4.79 Å². The van der Waals surface area contributed by atoms with Gasteiger partial charge in [-0.05, 0) is 43.4 Å². The van der Waals surface area contributed by atoms with E-state index in [2.05, 4.69) is 10.1 Å². The summed E-state index contributed by atoms with van der Waals surface area (Å²) in [4.78, 5) is 19.6. The summed E-state index contributed by atoms with van der Waals surface area (Å²) in [5.41, 5.74) is 0.607. The van der Waals surface area contributed by atoms with Crippen molar-refractivity contribution in [3.63, 3.8) is 0 Å². The SMILES string of the molecule is [C-]#[N+]/N=C1\N(c2ccc(Cl)c(Cl)c2)C(=O)[C@@H]2C3CCC(C3)N12. The molecule has 1 aliphatic carbocycles. The molecule has 2 saturated heterocycles. The van der Waals surface area contributed by atoms with Crippen LogP contribution < -0.4 is 4.90 Å². The van der Waals surface area contributed by atoms with Gasteiger partial charge in [0.25, 0.3) is 11.9 Å². The summed E-state index contributed by atoms with van der Waals surface area (Å²) in [5, 5.41) is 4.72. The number of guanidine groups is 1. The molecule has 0 radical (unpaired) electrons. The lowest BCUT2D eigenvalue weighted by molar-refractivity contribution is -0.120. The fraction of sp³-hybridized carbons (Fsp3) is 0.400. The lowest BCUT2D eigenvalue weighted by atomic mass is 9.99. The van der Waals surface area contributed by atoms with Crippen LogP contribution in [-0.4, -0.2) is 28.9 Å². The molecule has 0 aromatic heterocycles. The van der Waals surface area contributed by atoms with Gasteiger partial charge in [-0.15, -0.1) is 4.95 Å². The van der Waals surface area contributed by atoms with E-state index < -0.39 is 0 Å². The van der Waals surface area contributed by atoms with Crippen molar-refractivity contribution in [3.8, 4) is 0 Å². The lowest BCUT2D eigenvalue weighted by Gasteiger charge is -2.26. The molecule has 1 amide bonds. The summed E-state index contributed by atoms with van der Waals surface area (Å²) < 4.78 is 0. The maximum absolute atomic E-state index is 12.9. The number of carbonyl (C=O) groups is 1. The predicted octanol–water partition coefficient (Wildman–Crippen LogP) is 3.38. The van der Waals surface area contributed by atoms with E-state index in [1.165, 1.54) is 4.90 Å². The number of hydrogen-bond acceptors (Lipinski definition) is 2. The molecule has 0 N–H and O–H groups in total. The number of amides is 1. The normalized spacial score (nSPS) is 31.0. The summed E-state index contributed by atoms with van der Waals surface area (Å²) in [6.45, 7) is 7.07. The Balaban J connectivity index is 1.81. The first-order chi connectivity index (χ1) is 10.6. The second-order valence-corrected chi connectivity index (χ2v) is 6.67. The summed E-state index contributed by atoms with van der Waals surface area (Å²) >= 11 is 12.0. The van der Waals surface area contributed by atoms with Crippen molar-refractivity contribution < 1.29 is 4.79 Å². The second-order valence-electron chi connectivity index (χ2n) is 5.85. The molecule has 3 fully saturated rings. The topological polar surface area (TPSA) is 40.3 Å². The van der Waals surface area contributed by atoms with Gasteiger partial charge in [0, 0.05) is 6.04 Å². The van der Waals surface area contributed by atoms with Crippen molar-refractivity contribution in [3.05, 3.63) is 39.8 Å². The standard InChI is InChI=1S/C15H12Cl2N4O/c1-18-19-15-20-9-3-2-8(6-9)13(20)14(22)21(15)10-4-5-11(16)12(17)7-10/h4-5,7-9,13H,2-3,6H2/b19-15-/t8?,9?,13-/m0/s1. The quantitative estimate of drug-likeness (QED) is 0.583. The number of rotatable bonds is 1. The van der Waals surface area contributed by atoms with Gasteiger partial charge in [-0.3, -0.25) is 4.79 Å². The number of fused-ring (bicyclic) bond motifs is 5. The molecule has 1 aromatic rings. The summed E-state index contributed by atoms with van der Waals surface area (Å²) in [7, 11) is 0. The fourth-order valence-electron chi connectivity index (χ4n) is 3.95. The van der Waals surface area contributed by atoms with E-state index in [1.807, 2.05) is 4.90 Å². The molecule has 3 aliphatic rings. The van der Waals surface area contributed by atoms with Gasteiger partial charge in [-0.2, -0.15) is 6.57 Å². The van der Waals surface area contributed by atoms with Crippen LogP contribution in [0.3, 0.4) is 0 Å². The first-order valence-corrected chi connectivity index (χ1v) is 7.89. The largest absolute Gasteiger partial charge is 0.321 e. The summed E-state index contributed by atoms with van der Waals surface area (Å²) in [6.07, 6.45) is 3.14. The van der Waals surface area contributed by atoms with Gasteiger partial charge in [0.1, 0.15) is 11.1 Å². The Labute approximate surface area is 137 Å². The van der Waals surface area contributed by atoms with E-state index in [9.17, 15) is 4.79 Å². The Hall–Kier alpha value is -1.77. The van der Waals surface area contributed by atoms with E-state index in [0.29, 0.717) is 33.7 Å². The molecule has 2 heterocycles. The van der Waals surface area contributed by atoms with E-state index in [0.717, 1.165) is 19.3 Å². The number of hydrogen-bond donors (Lipinski definition) is 0. The molecule has 4 rings (SSSR count). The van der Waals surface area contributed by atoms with Crippen molar-refractivity contribution >= 4 is 40.8 Å². The van der Waals surface area contributed by atoms with Crippen LogP contribution >= 0.6 is 23.2 Å². The molecule has 2 unspecified atom stereocenters. The fourth-order valence-corrected chi connectivity index (χ4v) is 4.24. The third-order valence-corrected chi connectivity index (χ3v) is 5.53. The highest BCUT2D eigenvalue weighted by molar-refractivity contribution is 6.42.